The summed E-state index contributed by atoms with van der Waals surface area (Å²) in [6.45, 7) is -2.85. The third-order valence-corrected chi connectivity index (χ3v) is 2.74. The molecule has 0 saturated heterocycles. The van der Waals surface area contributed by atoms with Gasteiger partial charge in [-0.2, -0.15) is 8.78 Å². The van der Waals surface area contributed by atoms with Crippen molar-refractivity contribution in [1.29, 1.82) is 0 Å². The molecule has 1 aromatic rings. The minimum absolute atomic E-state index is 0.00176. The molecule has 1 aromatic heterocycles. The van der Waals surface area contributed by atoms with Gasteiger partial charge in [-0.15, -0.1) is 0 Å². The van der Waals surface area contributed by atoms with Gasteiger partial charge in [0.1, 0.15) is 0 Å². The molecule has 12 heavy (non-hydrogen) atoms. The molecular formula is C6H3ClF2INO. The summed E-state index contributed by atoms with van der Waals surface area (Å²) in [5.74, 6) is -0.00176. The van der Waals surface area contributed by atoms with Crippen LogP contribution < -0.4 is 4.74 Å². The zero-order chi connectivity index (χ0) is 9.14. The Balaban J connectivity index is 2.92. The Kier molecular flexibility index (Phi) is 3.45. The molecule has 66 valence electrons. The Morgan fingerprint density at radius 1 is 1.50 bits per heavy atom. The lowest BCUT2D eigenvalue weighted by Crippen LogP contribution is -2.03. The van der Waals surface area contributed by atoms with Gasteiger partial charge in [0.15, 0.2) is 5.75 Å². The average molecular weight is 305 g/mol. The number of hydrogen-bond acceptors (Lipinski definition) is 2. The molecule has 6 heteroatoms. The minimum atomic E-state index is -2.85. The van der Waals surface area contributed by atoms with Gasteiger partial charge in [0.2, 0.25) is 0 Å². The Hall–Kier alpha value is -0.170. The van der Waals surface area contributed by atoms with Crippen LogP contribution in [0.25, 0.3) is 0 Å². The number of pyridine rings is 1. The SMILES string of the molecule is FC(F)Oc1cncc(Cl)c1I. The van der Waals surface area contributed by atoms with Gasteiger partial charge in [0, 0.05) is 6.20 Å². The Morgan fingerprint density at radius 3 is 2.75 bits per heavy atom. The maximum absolute atomic E-state index is 11.7. The highest BCUT2D eigenvalue weighted by Crippen LogP contribution is 2.27. The van der Waals surface area contributed by atoms with E-state index in [2.05, 4.69) is 9.72 Å². The molecule has 0 fully saturated rings. The molecule has 0 unspecified atom stereocenters. The molecule has 0 bridgehead atoms. The van der Waals surface area contributed by atoms with E-state index >= 15 is 0 Å². The van der Waals surface area contributed by atoms with E-state index in [1.54, 1.807) is 0 Å². The summed E-state index contributed by atoms with van der Waals surface area (Å²) < 4.78 is 28.0. The van der Waals surface area contributed by atoms with Crippen molar-refractivity contribution in [1.82, 2.24) is 4.98 Å². The molecule has 1 heterocycles. The fourth-order valence-corrected chi connectivity index (χ4v) is 1.13. The highest BCUT2D eigenvalue weighted by atomic mass is 127. The van der Waals surface area contributed by atoms with Crippen molar-refractivity contribution in [2.24, 2.45) is 0 Å². The molecule has 2 nitrogen and oxygen atoms in total. The Morgan fingerprint density at radius 2 is 2.17 bits per heavy atom. The van der Waals surface area contributed by atoms with Crippen molar-refractivity contribution in [3.8, 4) is 5.75 Å². The number of rotatable bonds is 2. The molecule has 0 aliphatic carbocycles. The van der Waals surface area contributed by atoms with Crippen molar-refractivity contribution in [3.05, 3.63) is 21.0 Å². The smallest absolute Gasteiger partial charge is 0.387 e. The summed E-state index contributed by atoms with van der Waals surface area (Å²) in [6.07, 6.45) is 2.56. The highest BCUT2D eigenvalue weighted by Gasteiger charge is 2.10. The van der Waals surface area contributed by atoms with Crippen LogP contribution in [0, 0.1) is 3.57 Å². The summed E-state index contributed by atoms with van der Waals surface area (Å²) in [4.78, 5) is 3.60. The zero-order valence-corrected chi connectivity index (χ0v) is 8.51. The third-order valence-electron chi connectivity index (χ3n) is 1.02. The van der Waals surface area contributed by atoms with Gasteiger partial charge in [0.05, 0.1) is 14.8 Å². The fraction of sp³-hybridized carbons (Fsp3) is 0.167. The molecule has 1 rings (SSSR count). The van der Waals surface area contributed by atoms with Crippen LogP contribution in [0.15, 0.2) is 12.4 Å². The topological polar surface area (TPSA) is 22.1 Å². The fourth-order valence-electron chi connectivity index (χ4n) is 0.580. The van der Waals surface area contributed by atoms with Gasteiger partial charge in [-0.1, -0.05) is 11.6 Å². The van der Waals surface area contributed by atoms with Crippen molar-refractivity contribution in [2.45, 2.75) is 6.61 Å². The number of ether oxygens (including phenoxy) is 1. The van der Waals surface area contributed by atoms with Crippen LogP contribution in [-0.2, 0) is 0 Å². The molecule has 0 aromatic carbocycles. The summed E-state index contributed by atoms with van der Waals surface area (Å²) in [5, 5.41) is 0.300. The van der Waals surface area contributed by atoms with Crippen molar-refractivity contribution >= 4 is 34.2 Å². The molecule has 0 aliphatic rings. The second-order valence-electron chi connectivity index (χ2n) is 1.81. The maximum atomic E-state index is 11.7. The lowest BCUT2D eigenvalue weighted by molar-refractivity contribution is -0.0506. The summed E-state index contributed by atoms with van der Waals surface area (Å²) in [5.41, 5.74) is 0. The molecule has 0 N–H and O–H groups in total. The predicted octanol–water partition coefficient (Wildman–Crippen LogP) is 2.94. The monoisotopic (exact) mass is 305 g/mol. The van der Waals surface area contributed by atoms with Crippen LogP contribution in [0.3, 0.4) is 0 Å². The third kappa shape index (κ3) is 2.41. The number of alkyl halides is 2. The number of hydrogen-bond donors (Lipinski definition) is 0. The van der Waals surface area contributed by atoms with Gasteiger partial charge in [-0.25, -0.2) is 0 Å². The average Bonchev–Trinajstić information content (AvgIpc) is 1.98. The minimum Gasteiger partial charge on any atom is -0.432 e. The second kappa shape index (κ2) is 4.18. The van der Waals surface area contributed by atoms with Crippen LogP contribution in [0.2, 0.25) is 5.02 Å². The molecule has 0 amide bonds. The van der Waals surface area contributed by atoms with Gasteiger partial charge < -0.3 is 4.74 Å². The van der Waals surface area contributed by atoms with Crippen LogP contribution in [0.1, 0.15) is 0 Å². The Labute approximate surface area is 86.0 Å². The highest BCUT2D eigenvalue weighted by molar-refractivity contribution is 14.1. The molecule has 0 aliphatic heterocycles. The zero-order valence-electron chi connectivity index (χ0n) is 5.60. The van der Waals surface area contributed by atoms with Gasteiger partial charge in [-0.05, 0) is 22.6 Å². The summed E-state index contributed by atoms with van der Waals surface area (Å²) >= 11 is 7.41. The quantitative estimate of drug-likeness (QED) is 0.784. The lowest BCUT2D eigenvalue weighted by Gasteiger charge is -2.05. The number of aromatic nitrogens is 1. The van der Waals surface area contributed by atoms with Crippen LogP contribution in [-0.4, -0.2) is 11.6 Å². The van der Waals surface area contributed by atoms with Crippen LogP contribution in [0.5, 0.6) is 5.75 Å². The van der Waals surface area contributed by atoms with Gasteiger partial charge in [0.25, 0.3) is 0 Å². The standard InChI is InChI=1S/C6H3ClF2INO/c7-3-1-11-2-4(5(3)10)12-6(8)9/h1-2,6H. The lowest BCUT2D eigenvalue weighted by atomic mass is 10.5. The maximum Gasteiger partial charge on any atom is 0.387 e. The van der Waals surface area contributed by atoms with E-state index in [1.807, 2.05) is 22.6 Å². The van der Waals surface area contributed by atoms with E-state index in [9.17, 15) is 8.78 Å². The molecule has 0 radical (unpaired) electrons. The van der Waals surface area contributed by atoms with Crippen LogP contribution >= 0.6 is 34.2 Å². The summed E-state index contributed by atoms with van der Waals surface area (Å²) in [7, 11) is 0. The Bertz CT molecular complexity index is 284. The summed E-state index contributed by atoms with van der Waals surface area (Å²) in [6, 6.07) is 0. The largest absolute Gasteiger partial charge is 0.432 e. The van der Waals surface area contributed by atoms with Crippen molar-refractivity contribution < 1.29 is 13.5 Å². The molecule has 0 atom stereocenters. The van der Waals surface area contributed by atoms with E-state index in [4.69, 9.17) is 11.6 Å². The van der Waals surface area contributed by atoms with Gasteiger partial charge in [-0.3, -0.25) is 4.98 Å². The second-order valence-corrected chi connectivity index (χ2v) is 3.30. The van der Waals surface area contributed by atoms with E-state index < -0.39 is 6.61 Å². The molecule has 0 saturated carbocycles. The first-order valence-electron chi connectivity index (χ1n) is 2.85. The number of halogens is 4. The normalized spacial score (nSPS) is 10.4. The number of nitrogens with zero attached hydrogens (tertiary/aromatic N) is 1. The van der Waals surface area contributed by atoms with Crippen molar-refractivity contribution in [2.75, 3.05) is 0 Å². The predicted molar refractivity (Wildman–Crippen MR) is 48.6 cm³/mol. The van der Waals surface area contributed by atoms with Gasteiger partial charge >= 0.3 is 6.61 Å². The first-order valence-corrected chi connectivity index (χ1v) is 4.30. The molecular weight excluding hydrogens is 302 g/mol. The van der Waals surface area contributed by atoms with E-state index in [0.29, 0.717) is 8.59 Å². The first-order chi connectivity index (χ1) is 5.61. The van der Waals surface area contributed by atoms with Crippen LogP contribution in [0.4, 0.5) is 8.78 Å². The van der Waals surface area contributed by atoms with E-state index in [0.717, 1.165) is 0 Å². The molecule has 0 spiro atoms. The van der Waals surface area contributed by atoms with E-state index in [-0.39, 0.29) is 5.75 Å². The first kappa shape index (κ1) is 9.91. The van der Waals surface area contributed by atoms with Crippen molar-refractivity contribution in [3.63, 3.8) is 0 Å². The van der Waals surface area contributed by atoms with E-state index in [1.165, 1.54) is 12.4 Å².